The van der Waals surface area contributed by atoms with Gasteiger partial charge in [0.2, 0.25) is 5.28 Å². The zero-order valence-corrected chi connectivity index (χ0v) is 26.1. The fourth-order valence-corrected chi connectivity index (χ4v) is 7.25. The third kappa shape index (κ3) is 6.97. The van der Waals surface area contributed by atoms with E-state index in [1.54, 1.807) is 4.90 Å². The lowest BCUT2D eigenvalue weighted by atomic mass is 9.67. The molecule has 3 aliphatic rings. The molecule has 0 bridgehead atoms. The number of likely N-dealkylation sites (tertiary alicyclic amines) is 1. The molecule has 1 aromatic carbocycles. The van der Waals surface area contributed by atoms with Crippen molar-refractivity contribution in [1.82, 2.24) is 25.0 Å². The van der Waals surface area contributed by atoms with Crippen LogP contribution in [0, 0.1) is 17.2 Å². The van der Waals surface area contributed by atoms with Gasteiger partial charge in [0.25, 0.3) is 11.8 Å². The van der Waals surface area contributed by atoms with Crippen LogP contribution in [0.1, 0.15) is 83.0 Å². The zero-order chi connectivity index (χ0) is 30.0. The highest BCUT2D eigenvalue weighted by Crippen LogP contribution is 2.44. The Bertz CT molecular complexity index is 1240. The molecule has 2 aromatic rings. The molecule has 9 nitrogen and oxygen atoms in total. The third-order valence-electron chi connectivity index (χ3n) is 9.45. The van der Waals surface area contributed by atoms with Crippen LogP contribution in [0.15, 0.2) is 18.2 Å². The minimum Gasteiger partial charge on any atom is -0.434 e. The molecule has 0 radical (unpaired) electrons. The average molecular weight is 602 g/mol. The summed E-state index contributed by atoms with van der Waals surface area (Å²) >= 11 is 6.19. The molecule has 1 aromatic heterocycles. The molecule has 230 valence electrons. The van der Waals surface area contributed by atoms with Crippen LogP contribution in [0.5, 0.6) is 11.6 Å². The lowest BCUT2D eigenvalue weighted by molar-refractivity contribution is 0.0567. The monoisotopic (exact) mass is 601 g/mol. The van der Waals surface area contributed by atoms with Crippen molar-refractivity contribution in [3.05, 3.63) is 34.9 Å². The number of hydrogen-bond donors (Lipinski definition) is 1. The first kappa shape index (κ1) is 30.9. The molecule has 1 atom stereocenters. The predicted octanol–water partition coefficient (Wildman–Crippen LogP) is 5.53. The molecule has 0 unspecified atom stereocenters. The summed E-state index contributed by atoms with van der Waals surface area (Å²) in [5, 5.41) is 8.14. The Morgan fingerprint density at radius 1 is 1.10 bits per heavy atom. The van der Waals surface area contributed by atoms with Crippen LogP contribution in [0.4, 0.5) is 10.2 Å². The van der Waals surface area contributed by atoms with Crippen molar-refractivity contribution in [1.29, 1.82) is 0 Å². The number of rotatable bonds is 8. The van der Waals surface area contributed by atoms with Gasteiger partial charge in [-0.15, -0.1) is 10.2 Å². The van der Waals surface area contributed by atoms with E-state index in [0.717, 1.165) is 39.1 Å². The molecule has 1 aliphatic carbocycles. The first-order chi connectivity index (χ1) is 20.0. The number of nitrogens with two attached hydrogens (primary N) is 1. The summed E-state index contributed by atoms with van der Waals surface area (Å²) in [4.78, 5) is 24.4. The van der Waals surface area contributed by atoms with E-state index in [1.807, 2.05) is 27.7 Å². The Kier molecular flexibility index (Phi) is 9.54. The Morgan fingerprint density at radius 3 is 2.45 bits per heavy atom. The SMILES string of the molecule is CC(C)N(C(=O)c1cc(F)ccc1Oc1nnc(Cl)nc1N1CC[C@@H](CN2CCC3(CCC(N)CC3)CC2)C1)C(C)C. The maximum Gasteiger partial charge on any atom is 0.282 e. The second-order valence-electron chi connectivity index (χ2n) is 13.1. The normalized spacial score (nSPS) is 21.5. The third-order valence-corrected chi connectivity index (χ3v) is 9.61. The van der Waals surface area contributed by atoms with Gasteiger partial charge in [0.05, 0.1) is 5.56 Å². The second kappa shape index (κ2) is 13.0. The molecular formula is C31H45ClFN7O2. The minimum absolute atomic E-state index is 0.0236. The summed E-state index contributed by atoms with van der Waals surface area (Å²) in [7, 11) is 0. The van der Waals surface area contributed by atoms with Crippen LogP contribution in [-0.2, 0) is 0 Å². The van der Waals surface area contributed by atoms with Gasteiger partial charge in [-0.3, -0.25) is 4.79 Å². The summed E-state index contributed by atoms with van der Waals surface area (Å²) in [5.74, 6) is 0.490. The van der Waals surface area contributed by atoms with Crippen molar-refractivity contribution in [3.63, 3.8) is 0 Å². The number of carbonyl (C=O) groups is 1. The fraction of sp³-hybridized carbons (Fsp3) is 0.677. The molecule has 2 saturated heterocycles. The Hall–Kier alpha value is -2.56. The lowest BCUT2D eigenvalue weighted by Crippen LogP contribution is -2.45. The lowest BCUT2D eigenvalue weighted by Gasteiger charge is -2.46. The van der Waals surface area contributed by atoms with Crippen molar-refractivity contribution in [2.24, 2.45) is 17.1 Å². The van der Waals surface area contributed by atoms with Crippen molar-refractivity contribution in [2.45, 2.75) is 90.8 Å². The minimum atomic E-state index is -0.517. The smallest absolute Gasteiger partial charge is 0.282 e. The molecule has 5 rings (SSSR count). The Balaban J connectivity index is 1.27. The molecule has 3 fully saturated rings. The van der Waals surface area contributed by atoms with Gasteiger partial charge in [0.1, 0.15) is 11.6 Å². The summed E-state index contributed by atoms with van der Waals surface area (Å²) in [6.45, 7) is 12.7. The number of nitrogens with zero attached hydrogens (tertiary/aromatic N) is 6. The van der Waals surface area contributed by atoms with Crippen molar-refractivity contribution in [2.75, 3.05) is 37.6 Å². The molecule has 1 saturated carbocycles. The van der Waals surface area contributed by atoms with E-state index in [2.05, 4.69) is 25.0 Å². The maximum atomic E-state index is 14.3. The molecule has 3 heterocycles. The van der Waals surface area contributed by atoms with Gasteiger partial charge < -0.3 is 25.2 Å². The second-order valence-corrected chi connectivity index (χ2v) is 13.4. The number of piperidine rings is 1. The van der Waals surface area contributed by atoms with Gasteiger partial charge in [-0.2, -0.15) is 4.98 Å². The molecule has 1 amide bonds. The van der Waals surface area contributed by atoms with Crippen LogP contribution in [0.2, 0.25) is 5.28 Å². The number of benzene rings is 1. The number of halogens is 2. The van der Waals surface area contributed by atoms with Crippen LogP contribution in [0.3, 0.4) is 0 Å². The van der Waals surface area contributed by atoms with Gasteiger partial charge in [-0.1, -0.05) is 0 Å². The van der Waals surface area contributed by atoms with E-state index in [9.17, 15) is 9.18 Å². The number of aromatic nitrogens is 3. The van der Waals surface area contributed by atoms with Crippen LogP contribution in [0.25, 0.3) is 0 Å². The van der Waals surface area contributed by atoms with Gasteiger partial charge >= 0.3 is 0 Å². The number of amides is 1. The fourth-order valence-electron chi connectivity index (χ4n) is 7.13. The number of hydrogen-bond acceptors (Lipinski definition) is 8. The van der Waals surface area contributed by atoms with Crippen LogP contribution < -0.4 is 15.4 Å². The highest BCUT2D eigenvalue weighted by molar-refractivity contribution is 6.28. The molecular weight excluding hydrogens is 557 g/mol. The molecule has 1 spiro atoms. The van der Waals surface area contributed by atoms with Gasteiger partial charge in [-0.25, -0.2) is 4.39 Å². The van der Waals surface area contributed by atoms with Crippen molar-refractivity contribution in [3.8, 4) is 11.6 Å². The first-order valence-electron chi connectivity index (χ1n) is 15.5. The summed E-state index contributed by atoms with van der Waals surface area (Å²) in [6, 6.07) is 4.18. The van der Waals surface area contributed by atoms with E-state index in [4.69, 9.17) is 22.1 Å². The number of ether oxygens (including phenoxy) is 1. The highest BCUT2D eigenvalue weighted by atomic mass is 35.5. The largest absolute Gasteiger partial charge is 0.434 e. The number of carbonyl (C=O) groups excluding carboxylic acids is 1. The predicted molar refractivity (Wildman–Crippen MR) is 163 cm³/mol. The Labute approximate surface area is 253 Å². The molecule has 11 heteroatoms. The van der Waals surface area contributed by atoms with E-state index in [-0.39, 0.29) is 40.5 Å². The van der Waals surface area contributed by atoms with Crippen molar-refractivity contribution >= 4 is 23.3 Å². The van der Waals surface area contributed by atoms with E-state index in [1.165, 1.54) is 56.7 Å². The molecule has 2 aliphatic heterocycles. The first-order valence-corrected chi connectivity index (χ1v) is 15.8. The van der Waals surface area contributed by atoms with E-state index in [0.29, 0.717) is 23.2 Å². The van der Waals surface area contributed by atoms with E-state index >= 15 is 0 Å². The zero-order valence-electron chi connectivity index (χ0n) is 25.4. The summed E-state index contributed by atoms with van der Waals surface area (Å²) < 4.78 is 20.5. The van der Waals surface area contributed by atoms with Gasteiger partial charge in [-0.05, 0) is 127 Å². The van der Waals surface area contributed by atoms with Gasteiger partial charge in [0, 0.05) is 37.8 Å². The quantitative estimate of drug-likeness (QED) is 0.422. The summed E-state index contributed by atoms with van der Waals surface area (Å²) in [6.07, 6.45) is 8.44. The summed E-state index contributed by atoms with van der Waals surface area (Å²) in [5.41, 5.74) is 6.80. The number of anilines is 1. The van der Waals surface area contributed by atoms with Crippen LogP contribution in [-0.4, -0.2) is 81.7 Å². The highest BCUT2D eigenvalue weighted by Gasteiger charge is 2.38. The van der Waals surface area contributed by atoms with E-state index < -0.39 is 5.82 Å². The maximum absolute atomic E-state index is 14.3. The molecule has 42 heavy (non-hydrogen) atoms. The average Bonchev–Trinajstić information content (AvgIpc) is 3.41. The van der Waals surface area contributed by atoms with Crippen molar-refractivity contribution < 1.29 is 13.9 Å². The molecule has 2 N–H and O–H groups in total. The van der Waals surface area contributed by atoms with Crippen LogP contribution >= 0.6 is 11.6 Å². The Morgan fingerprint density at radius 2 is 1.79 bits per heavy atom. The van der Waals surface area contributed by atoms with Gasteiger partial charge in [0.15, 0.2) is 5.82 Å². The topological polar surface area (TPSA) is 101 Å². The standard InChI is InChI=1S/C31H45ClFN7O2/c1-20(2)40(21(3)4)29(41)25-17-23(33)5-6-26(25)42-28-27(35-30(32)37-36-28)39-14-9-22(19-39)18-38-15-12-31(13-16-38)10-7-24(34)8-11-31/h5-6,17,20-22,24H,7-16,18-19,34H2,1-4H3/t22-/m0/s1.